The third kappa shape index (κ3) is 4.36. The molecule has 0 saturated carbocycles. The second-order valence-corrected chi connectivity index (χ2v) is 6.19. The monoisotopic (exact) mass is 408 g/mol. The second-order valence-electron chi connectivity index (χ2n) is 6.19. The highest BCUT2D eigenvalue weighted by Crippen LogP contribution is 2.33. The number of hydrogen-bond donors (Lipinski definition) is 0. The predicted molar refractivity (Wildman–Crippen MR) is 95.1 cm³/mol. The van der Waals surface area contributed by atoms with Gasteiger partial charge in [-0.15, -0.1) is 5.10 Å². The zero-order valence-electron chi connectivity index (χ0n) is 15.4. The number of methoxy groups -OCH3 is 1. The number of alkyl halides is 3. The number of ether oxygens (including phenoxy) is 1. The van der Waals surface area contributed by atoms with Crippen LogP contribution in [0.2, 0.25) is 0 Å². The van der Waals surface area contributed by atoms with Crippen LogP contribution in [0.1, 0.15) is 21.7 Å². The Morgan fingerprint density at radius 1 is 1.17 bits per heavy atom. The normalized spacial score (nSPS) is 11.4. The van der Waals surface area contributed by atoms with Crippen LogP contribution in [0.4, 0.5) is 17.6 Å². The smallest absolute Gasteiger partial charge is 0.435 e. The van der Waals surface area contributed by atoms with E-state index in [1.807, 2.05) is 0 Å². The van der Waals surface area contributed by atoms with Gasteiger partial charge in [0.15, 0.2) is 11.4 Å². The molecule has 0 aliphatic carbocycles. The molecule has 0 fully saturated rings. The van der Waals surface area contributed by atoms with Gasteiger partial charge in [0.1, 0.15) is 11.6 Å². The van der Waals surface area contributed by atoms with Gasteiger partial charge in [0, 0.05) is 13.6 Å². The van der Waals surface area contributed by atoms with E-state index in [0.717, 1.165) is 17.0 Å². The first-order valence-corrected chi connectivity index (χ1v) is 8.38. The van der Waals surface area contributed by atoms with E-state index in [2.05, 4.69) is 10.3 Å². The number of carbonyl (C=O) groups excluding carboxylic acids is 1. The largest absolute Gasteiger partial charge is 0.497 e. The van der Waals surface area contributed by atoms with E-state index >= 15 is 0 Å². The van der Waals surface area contributed by atoms with Crippen LogP contribution >= 0.6 is 0 Å². The summed E-state index contributed by atoms with van der Waals surface area (Å²) in [6.45, 7) is 0.0279. The highest BCUT2D eigenvalue weighted by Gasteiger charge is 2.42. The van der Waals surface area contributed by atoms with Gasteiger partial charge in [-0.3, -0.25) is 4.79 Å². The Labute approximate surface area is 163 Å². The van der Waals surface area contributed by atoms with Crippen molar-refractivity contribution in [2.24, 2.45) is 0 Å². The first-order chi connectivity index (χ1) is 13.7. The maximum Gasteiger partial charge on any atom is 0.435 e. The fraction of sp³-hybridized carbons (Fsp3) is 0.211. The SMILES string of the molecule is COc1cccc(CN(C)C(=O)c2nnn(-c3cccc(F)c3)c2C(F)(F)F)c1. The predicted octanol–water partition coefficient (Wildman–Crippen LogP) is 3.71. The van der Waals surface area contributed by atoms with Crippen molar-refractivity contribution >= 4 is 5.91 Å². The summed E-state index contributed by atoms with van der Waals surface area (Å²) in [5, 5.41) is 6.88. The van der Waals surface area contributed by atoms with E-state index in [1.54, 1.807) is 24.3 Å². The molecule has 3 rings (SSSR count). The molecule has 1 amide bonds. The van der Waals surface area contributed by atoms with Crippen molar-refractivity contribution in [1.29, 1.82) is 0 Å². The quantitative estimate of drug-likeness (QED) is 0.604. The van der Waals surface area contributed by atoms with Gasteiger partial charge in [0.2, 0.25) is 0 Å². The number of rotatable bonds is 5. The lowest BCUT2D eigenvalue weighted by atomic mass is 10.2. The van der Waals surface area contributed by atoms with Crippen LogP contribution < -0.4 is 4.74 Å². The molecular weight excluding hydrogens is 392 g/mol. The average molecular weight is 408 g/mol. The Balaban J connectivity index is 1.96. The summed E-state index contributed by atoms with van der Waals surface area (Å²) in [4.78, 5) is 13.8. The average Bonchev–Trinajstić information content (AvgIpc) is 3.13. The first-order valence-electron chi connectivity index (χ1n) is 8.38. The standard InChI is InChI=1S/C19H16F4N4O2/c1-26(11-12-5-3-8-15(9-12)29-2)18(28)16-17(19(21,22)23)27(25-24-16)14-7-4-6-13(20)10-14/h3-10H,11H2,1-2H3. The highest BCUT2D eigenvalue weighted by molar-refractivity contribution is 5.93. The van der Waals surface area contributed by atoms with Gasteiger partial charge in [-0.1, -0.05) is 23.4 Å². The van der Waals surface area contributed by atoms with E-state index in [4.69, 9.17) is 4.74 Å². The summed E-state index contributed by atoms with van der Waals surface area (Å²) in [5.41, 5.74) is -1.77. The number of benzene rings is 2. The minimum absolute atomic E-state index is 0.0279. The van der Waals surface area contributed by atoms with Crippen LogP contribution in [0, 0.1) is 5.82 Å². The van der Waals surface area contributed by atoms with Gasteiger partial charge < -0.3 is 9.64 Å². The number of nitrogens with zero attached hydrogens (tertiary/aromatic N) is 4. The molecule has 0 unspecified atom stereocenters. The summed E-state index contributed by atoms with van der Waals surface area (Å²) >= 11 is 0. The Kier molecular flexibility index (Phi) is 5.53. The molecule has 0 spiro atoms. The zero-order valence-corrected chi connectivity index (χ0v) is 15.4. The lowest BCUT2D eigenvalue weighted by Crippen LogP contribution is -2.29. The maximum atomic E-state index is 13.7. The Hall–Kier alpha value is -3.43. The number of halogens is 4. The van der Waals surface area contributed by atoms with Crippen molar-refractivity contribution < 1.29 is 27.1 Å². The third-order valence-corrected chi connectivity index (χ3v) is 4.09. The highest BCUT2D eigenvalue weighted by atomic mass is 19.4. The molecule has 0 aliphatic heterocycles. The van der Waals surface area contributed by atoms with Crippen LogP contribution in [0.5, 0.6) is 5.75 Å². The Morgan fingerprint density at radius 2 is 1.90 bits per heavy atom. The molecule has 0 N–H and O–H groups in total. The molecule has 0 bridgehead atoms. The van der Waals surface area contributed by atoms with E-state index in [-0.39, 0.29) is 12.2 Å². The lowest BCUT2D eigenvalue weighted by Gasteiger charge is -2.18. The first kappa shape index (κ1) is 20.3. The molecule has 0 aliphatic rings. The van der Waals surface area contributed by atoms with E-state index in [9.17, 15) is 22.4 Å². The molecule has 152 valence electrons. The van der Waals surface area contributed by atoms with E-state index in [1.165, 1.54) is 26.3 Å². The number of carbonyl (C=O) groups is 1. The van der Waals surface area contributed by atoms with Crippen molar-refractivity contribution in [2.45, 2.75) is 12.7 Å². The molecule has 1 aromatic heterocycles. The molecule has 0 radical (unpaired) electrons. The van der Waals surface area contributed by atoms with Gasteiger partial charge in [-0.2, -0.15) is 13.2 Å². The number of hydrogen-bond acceptors (Lipinski definition) is 4. The van der Waals surface area contributed by atoms with Crippen LogP contribution in [0.3, 0.4) is 0 Å². The van der Waals surface area contributed by atoms with Crippen LogP contribution in [-0.2, 0) is 12.7 Å². The van der Waals surface area contributed by atoms with Crippen molar-refractivity contribution in [3.63, 3.8) is 0 Å². The number of aromatic nitrogens is 3. The van der Waals surface area contributed by atoms with E-state index in [0.29, 0.717) is 16.0 Å². The third-order valence-electron chi connectivity index (χ3n) is 4.09. The fourth-order valence-corrected chi connectivity index (χ4v) is 2.77. The Morgan fingerprint density at radius 3 is 2.55 bits per heavy atom. The molecule has 29 heavy (non-hydrogen) atoms. The summed E-state index contributed by atoms with van der Waals surface area (Å²) in [7, 11) is 2.83. The minimum atomic E-state index is -4.93. The topological polar surface area (TPSA) is 60.2 Å². The van der Waals surface area contributed by atoms with Crippen molar-refractivity contribution in [2.75, 3.05) is 14.2 Å². The van der Waals surface area contributed by atoms with Crippen LogP contribution in [-0.4, -0.2) is 40.0 Å². The lowest BCUT2D eigenvalue weighted by molar-refractivity contribution is -0.143. The van der Waals surface area contributed by atoms with Gasteiger partial charge in [-0.25, -0.2) is 9.07 Å². The van der Waals surface area contributed by atoms with Crippen molar-refractivity contribution in [3.8, 4) is 11.4 Å². The van der Waals surface area contributed by atoms with Gasteiger partial charge in [0.05, 0.1) is 12.8 Å². The van der Waals surface area contributed by atoms with Crippen molar-refractivity contribution in [3.05, 3.63) is 71.3 Å². The molecule has 0 atom stereocenters. The Bertz CT molecular complexity index is 1030. The maximum absolute atomic E-state index is 13.7. The van der Waals surface area contributed by atoms with Crippen molar-refractivity contribution in [1.82, 2.24) is 19.9 Å². The van der Waals surface area contributed by atoms with Crippen LogP contribution in [0.25, 0.3) is 5.69 Å². The summed E-state index contributed by atoms with van der Waals surface area (Å²) < 4.78 is 60.0. The molecule has 6 nitrogen and oxygen atoms in total. The zero-order chi connectivity index (χ0) is 21.2. The molecule has 1 heterocycles. The summed E-state index contributed by atoms with van der Waals surface area (Å²) in [6.07, 6.45) is -4.93. The number of amides is 1. The van der Waals surface area contributed by atoms with Crippen LogP contribution in [0.15, 0.2) is 48.5 Å². The molecular formula is C19H16F4N4O2. The fourth-order valence-electron chi connectivity index (χ4n) is 2.77. The summed E-state index contributed by atoms with van der Waals surface area (Å²) in [6, 6.07) is 11.2. The molecule has 10 heteroatoms. The minimum Gasteiger partial charge on any atom is -0.497 e. The summed E-state index contributed by atoms with van der Waals surface area (Å²) in [5.74, 6) is -1.16. The van der Waals surface area contributed by atoms with E-state index < -0.39 is 29.3 Å². The second kappa shape index (κ2) is 7.90. The molecule has 0 saturated heterocycles. The van der Waals surface area contributed by atoms with Gasteiger partial charge in [-0.05, 0) is 35.9 Å². The van der Waals surface area contributed by atoms with Gasteiger partial charge >= 0.3 is 6.18 Å². The molecule has 3 aromatic rings. The van der Waals surface area contributed by atoms with Gasteiger partial charge in [0.25, 0.3) is 5.91 Å². The molecule has 2 aromatic carbocycles.